The van der Waals surface area contributed by atoms with E-state index in [1.54, 1.807) is 6.07 Å². The monoisotopic (exact) mass is 278 g/mol. The van der Waals surface area contributed by atoms with E-state index in [1.165, 1.54) is 12.8 Å². The molecule has 0 fully saturated rings. The van der Waals surface area contributed by atoms with Crippen LogP contribution in [0, 0.1) is 5.82 Å². The molecule has 0 N–H and O–H groups in total. The molecule has 0 aliphatic heterocycles. The van der Waals surface area contributed by atoms with Gasteiger partial charge in [0.05, 0.1) is 0 Å². The summed E-state index contributed by atoms with van der Waals surface area (Å²) in [5, 5.41) is 7.89. The topological polar surface area (TPSA) is 38.9 Å². The average molecular weight is 278 g/mol. The highest BCUT2D eigenvalue weighted by Gasteiger charge is 2.16. The molecule has 0 atom stereocenters. The summed E-state index contributed by atoms with van der Waals surface area (Å²) in [5.41, 5.74) is 2.94. The van der Waals surface area contributed by atoms with Crippen molar-refractivity contribution in [3.63, 3.8) is 0 Å². The van der Waals surface area contributed by atoms with Crippen molar-refractivity contribution in [2.24, 2.45) is 0 Å². The van der Waals surface area contributed by atoms with Gasteiger partial charge in [-0.15, -0.1) is 0 Å². The van der Waals surface area contributed by atoms with E-state index in [9.17, 15) is 4.39 Å². The molecule has 1 aromatic carbocycles. The quantitative estimate of drug-likeness (QED) is 0.649. The zero-order valence-electron chi connectivity index (χ0n) is 12.4. The van der Waals surface area contributed by atoms with Gasteiger partial charge in [-0.3, -0.25) is 0 Å². The van der Waals surface area contributed by atoms with E-state index in [-0.39, 0.29) is 5.82 Å². The van der Waals surface area contributed by atoms with Gasteiger partial charge in [-0.1, -0.05) is 39.5 Å². The Morgan fingerprint density at radius 2 is 1.70 bits per heavy atom. The molecule has 4 heteroatoms. The molecule has 2 aromatic rings. The smallest absolute Gasteiger partial charge is 0.141 e. The van der Waals surface area contributed by atoms with E-state index >= 15 is 0 Å². The minimum atomic E-state index is -0.157. The van der Waals surface area contributed by atoms with E-state index < -0.39 is 0 Å². The number of halogens is 1. The predicted molar refractivity (Wildman–Crippen MR) is 78.2 cm³/mol. The van der Waals surface area contributed by atoms with Crippen LogP contribution in [0.4, 0.5) is 4.39 Å². The first-order valence-electron chi connectivity index (χ1n) is 7.70. The van der Waals surface area contributed by atoms with Crippen molar-refractivity contribution in [2.75, 3.05) is 0 Å². The maximum absolute atomic E-state index is 14.3. The van der Waals surface area contributed by atoms with Crippen LogP contribution in [0.25, 0.3) is 11.0 Å². The molecule has 0 bridgehead atoms. The molecule has 0 saturated carbocycles. The van der Waals surface area contributed by atoms with E-state index in [4.69, 9.17) is 4.63 Å². The Hall–Kier alpha value is -1.45. The minimum Gasteiger partial charge on any atom is -0.243 e. The Morgan fingerprint density at radius 1 is 0.950 bits per heavy atom. The molecule has 3 nitrogen and oxygen atoms in total. The third-order valence-electron chi connectivity index (χ3n) is 3.75. The van der Waals surface area contributed by atoms with Gasteiger partial charge >= 0.3 is 0 Å². The first kappa shape index (κ1) is 14.9. The van der Waals surface area contributed by atoms with E-state index in [1.807, 2.05) is 0 Å². The van der Waals surface area contributed by atoms with Gasteiger partial charge in [-0.2, -0.15) is 0 Å². The lowest BCUT2D eigenvalue weighted by Crippen LogP contribution is -1.98. The molecular formula is C16H23FN2O. The van der Waals surface area contributed by atoms with Gasteiger partial charge in [0, 0.05) is 5.56 Å². The third-order valence-corrected chi connectivity index (χ3v) is 3.75. The molecule has 20 heavy (non-hydrogen) atoms. The van der Waals surface area contributed by atoms with Crippen molar-refractivity contribution < 1.29 is 9.02 Å². The molecule has 0 saturated heterocycles. The standard InChI is InChI=1S/C16H23FN2O/c1-3-5-7-8-10-13-14(17)11-12(9-6-4-2)15-16(13)19-20-18-15/h11H,3-10H2,1-2H3. The lowest BCUT2D eigenvalue weighted by molar-refractivity contribution is 0.315. The SMILES string of the molecule is CCCCCCc1c(F)cc(CCCC)c2nonc12. The number of hydrogen-bond acceptors (Lipinski definition) is 3. The summed E-state index contributed by atoms with van der Waals surface area (Å²) in [6.45, 7) is 4.29. The second-order valence-electron chi connectivity index (χ2n) is 5.37. The lowest BCUT2D eigenvalue weighted by atomic mass is 9.99. The summed E-state index contributed by atoms with van der Waals surface area (Å²) in [6, 6.07) is 1.62. The van der Waals surface area contributed by atoms with Crippen molar-refractivity contribution in [2.45, 2.75) is 65.2 Å². The number of benzene rings is 1. The molecule has 0 radical (unpaired) electrons. The van der Waals surface area contributed by atoms with Crippen molar-refractivity contribution in [3.8, 4) is 0 Å². The van der Waals surface area contributed by atoms with Crippen LogP contribution in [0.1, 0.15) is 63.5 Å². The van der Waals surface area contributed by atoms with Gasteiger partial charge in [0.2, 0.25) is 0 Å². The van der Waals surface area contributed by atoms with Crippen molar-refractivity contribution in [1.82, 2.24) is 10.3 Å². The molecule has 0 aliphatic carbocycles. The van der Waals surface area contributed by atoms with Gasteiger partial charge in [0.25, 0.3) is 0 Å². The van der Waals surface area contributed by atoms with Crippen LogP contribution in [0.15, 0.2) is 10.7 Å². The first-order valence-corrected chi connectivity index (χ1v) is 7.70. The molecule has 0 unspecified atom stereocenters. The zero-order valence-corrected chi connectivity index (χ0v) is 12.4. The predicted octanol–water partition coefficient (Wildman–Crippen LogP) is 4.83. The Balaban J connectivity index is 2.22. The van der Waals surface area contributed by atoms with E-state index in [0.717, 1.165) is 43.2 Å². The van der Waals surface area contributed by atoms with Crippen LogP contribution in [0.5, 0.6) is 0 Å². The fourth-order valence-electron chi connectivity index (χ4n) is 2.54. The summed E-state index contributed by atoms with van der Waals surface area (Å²) >= 11 is 0. The number of aryl methyl sites for hydroxylation is 2. The fourth-order valence-corrected chi connectivity index (χ4v) is 2.54. The molecule has 1 aromatic heterocycles. The number of hydrogen-bond donors (Lipinski definition) is 0. The Kier molecular flexibility index (Phi) is 5.50. The maximum Gasteiger partial charge on any atom is 0.141 e. The van der Waals surface area contributed by atoms with Crippen LogP contribution in [-0.4, -0.2) is 10.3 Å². The molecule has 0 spiro atoms. The lowest BCUT2D eigenvalue weighted by Gasteiger charge is -2.07. The van der Waals surface area contributed by atoms with E-state index in [2.05, 4.69) is 24.2 Å². The normalized spacial score (nSPS) is 11.3. The first-order chi connectivity index (χ1) is 9.77. The van der Waals surface area contributed by atoms with Gasteiger partial charge in [-0.25, -0.2) is 9.02 Å². The Morgan fingerprint density at radius 3 is 2.45 bits per heavy atom. The molecule has 0 aliphatic rings. The number of rotatable bonds is 8. The third kappa shape index (κ3) is 3.35. The summed E-state index contributed by atoms with van der Waals surface area (Å²) < 4.78 is 19.1. The van der Waals surface area contributed by atoms with Crippen LogP contribution in [-0.2, 0) is 12.8 Å². The molecule has 2 rings (SSSR count). The van der Waals surface area contributed by atoms with Crippen LogP contribution in [0.2, 0.25) is 0 Å². The van der Waals surface area contributed by atoms with Gasteiger partial charge in [0.15, 0.2) is 0 Å². The summed E-state index contributed by atoms with van der Waals surface area (Å²) in [4.78, 5) is 0. The van der Waals surface area contributed by atoms with E-state index in [0.29, 0.717) is 17.5 Å². The van der Waals surface area contributed by atoms with Crippen molar-refractivity contribution >= 4 is 11.0 Å². The second-order valence-corrected chi connectivity index (χ2v) is 5.37. The Bertz CT molecular complexity index is 551. The summed E-state index contributed by atoms with van der Waals surface area (Å²) in [6.07, 6.45) is 8.13. The average Bonchev–Trinajstić information content (AvgIpc) is 2.92. The van der Waals surface area contributed by atoms with Gasteiger partial charge < -0.3 is 0 Å². The van der Waals surface area contributed by atoms with Crippen LogP contribution in [0.3, 0.4) is 0 Å². The van der Waals surface area contributed by atoms with Crippen molar-refractivity contribution in [1.29, 1.82) is 0 Å². The number of nitrogens with zero attached hydrogens (tertiary/aromatic N) is 2. The number of fused-ring (bicyclic) bond motifs is 1. The summed E-state index contributed by atoms with van der Waals surface area (Å²) in [5.74, 6) is -0.157. The summed E-state index contributed by atoms with van der Waals surface area (Å²) in [7, 11) is 0. The fraction of sp³-hybridized carbons (Fsp3) is 0.625. The van der Waals surface area contributed by atoms with Gasteiger partial charge in [0.1, 0.15) is 16.9 Å². The highest BCUT2D eigenvalue weighted by atomic mass is 19.1. The zero-order chi connectivity index (χ0) is 14.4. The van der Waals surface area contributed by atoms with Gasteiger partial charge in [-0.05, 0) is 47.6 Å². The molecule has 0 amide bonds. The maximum atomic E-state index is 14.3. The molecule has 1 heterocycles. The Labute approximate surface area is 119 Å². The van der Waals surface area contributed by atoms with Crippen LogP contribution < -0.4 is 0 Å². The minimum absolute atomic E-state index is 0.157. The molecular weight excluding hydrogens is 255 g/mol. The number of unbranched alkanes of at least 4 members (excludes halogenated alkanes) is 4. The van der Waals surface area contributed by atoms with Crippen molar-refractivity contribution in [3.05, 3.63) is 23.0 Å². The largest absolute Gasteiger partial charge is 0.243 e. The molecule has 110 valence electrons. The highest BCUT2D eigenvalue weighted by molar-refractivity contribution is 5.80. The second kappa shape index (κ2) is 7.36. The number of aromatic nitrogens is 2. The highest BCUT2D eigenvalue weighted by Crippen LogP contribution is 2.25. The van der Waals surface area contributed by atoms with Crippen LogP contribution >= 0.6 is 0 Å².